The highest BCUT2D eigenvalue weighted by atomic mass is 35.5. The average Bonchev–Trinajstić information content (AvgIpc) is 3.17. The lowest BCUT2D eigenvalue weighted by molar-refractivity contribution is 0.102. The molecule has 8 heteroatoms. The highest BCUT2D eigenvalue weighted by Crippen LogP contribution is 2.22. The molecule has 1 N–H and O–H groups in total. The molecule has 0 atom stereocenters. The second-order valence-electron chi connectivity index (χ2n) is 6.83. The first-order valence-corrected chi connectivity index (χ1v) is 10.9. The quantitative estimate of drug-likeness (QED) is 0.597. The number of nitrogens with zero attached hydrogens (tertiary/aromatic N) is 3. The average molecular weight is 447 g/mol. The second-order valence-corrected chi connectivity index (χ2v) is 8.65. The van der Waals surface area contributed by atoms with E-state index in [0.29, 0.717) is 16.4 Å². The minimum Gasteiger partial charge on any atom is -0.369 e. The van der Waals surface area contributed by atoms with E-state index in [0.717, 1.165) is 48.4 Å². The number of aromatic nitrogens is 1. The maximum Gasteiger partial charge on any atom is 0.275 e. The maximum absolute atomic E-state index is 12.4. The Hall–Kier alpha value is -2.12. The molecule has 0 bridgehead atoms. The molecule has 1 aliphatic rings. The zero-order chi connectivity index (χ0) is 20.2. The zero-order valence-electron chi connectivity index (χ0n) is 15.6. The number of hydrogen-bond donors (Lipinski definition) is 1. The number of amides is 1. The summed E-state index contributed by atoms with van der Waals surface area (Å²) in [7, 11) is 0. The van der Waals surface area contributed by atoms with Gasteiger partial charge in [-0.3, -0.25) is 9.69 Å². The van der Waals surface area contributed by atoms with E-state index in [1.54, 1.807) is 29.6 Å². The summed E-state index contributed by atoms with van der Waals surface area (Å²) in [5.74, 6) is -0.222. The lowest BCUT2D eigenvalue weighted by atomic mass is 10.2. The molecular formula is C21H20Cl2N4OS. The van der Waals surface area contributed by atoms with Gasteiger partial charge in [0.1, 0.15) is 10.7 Å². The van der Waals surface area contributed by atoms with E-state index in [2.05, 4.69) is 26.2 Å². The second kappa shape index (κ2) is 9.13. The van der Waals surface area contributed by atoms with Crippen molar-refractivity contribution in [3.63, 3.8) is 0 Å². The highest BCUT2D eigenvalue weighted by Gasteiger charge is 2.19. The van der Waals surface area contributed by atoms with Crippen LogP contribution in [-0.4, -0.2) is 42.0 Å². The number of benzene rings is 2. The van der Waals surface area contributed by atoms with Crippen LogP contribution < -0.4 is 10.2 Å². The van der Waals surface area contributed by atoms with Crippen LogP contribution in [-0.2, 0) is 6.54 Å². The van der Waals surface area contributed by atoms with Gasteiger partial charge >= 0.3 is 0 Å². The third-order valence-electron chi connectivity index (χ3n) is 4.77. The van der Waals surface area contributed by atoms with Gasteiger partial charge in [0.2, 0.25) is 0 Å². The van der Waals surface area contributed by atoms with Crippen LogP contribution in [0.25, 0.3) is 0 Å². The molecule has 150 valence electrons. The predicted octanol–water partition coefficient (Wildman–Crippen LogP) is 5.02. The van der Waals surface area contributed by atoms with Crippen molar-refractivity contribution >= 4 is 51.8 Å². The molecule has 1 aromatic heterocycles. The predicted molar refractivity (Wildman–Crippen MR) is 120 cm³/mol. The number of halogens is 2. The van der Waals surface area contributed by atoms with Crippen molar-refractivity contribution in [2.24, 2.45) is 0 Å². The molecule has 1 amide bonds. The molecule has 4 rings (SSSR count). The van der Waals surface area contributed by atoms with Crippen LogP contribution >= 0.6 is 34.5 Å². The Balaban J connectivity index is 1.31. The first kappa shape index (κ1) is 20.2. The van der Waals surface area contributed by atoms with E-state index in [1.807, 2.05) is 18.2 Å². The van der Waals surface area contributed by atoms with Gasteiger partial charge in [-0.15, -0.1) is 11.3 Å². The Bertz CT molecular complexity index is 1000. The first-order chi connectivity index (χ1) is 14.1. The number of thiazole rings is 1. The van der Waals surface area contributed by atoms with E-state index in [4.69, 9.17) is 23.2 Å². The maximum atomic E-state index is 12.4. The summed E-state index contributed by atoms with van der Waals surface area (Å²) >= 11 is 13.6. The van der Waals surface area contributed by atoms with Gasteiger partial charge in [0.05, 0.1) is 6.54 Å². The summed E-state index contributed by atoms with van der Waals surface area (Å²) in [5, 5.41) is 6.92. The Morgan fingerprint density at radius 3 is 2.48 bits per heavy atom. The van der Waals surface area contributed by atoms with Crippen molar-refractivity contribution < 1.29 is 4.79 Å². The summed E-state index contributed by atoms with van der Waals surface area (Å²) in [6, 6.07) is 15.1. The van der Waals surface area contributed by atoms with Gasteiger partial charge in [-0.05, 0) is 36.4 Å². The minimum absolute atomic E-state index is 0.222. The van der Waals surface area contributed by atoms with Crippen LogP contribution in [0.15, 0.2) is 53.9 Å². The fourth-order valence-electron chi connectivity index (χ4n) is 3.28. The van der Waals surface area contributed by atoms with E-state index in [1.165, 1.54) is 11.3 Å². The Morgan fingerprint density at radius 1 is 1.03 bits per heavy atom. The number of nitrogens with one attached hydrogen (secondary N) is 1. The standard InChI is InChI=1S/C21H20Cl2N4OS/c22-15-3-1-5-17(11-15)24-21(28)19-14-29-20(25-19)13-26-7-9-27(10-8-26)18-6-2-4-16(23)12-18/h1-6,11-12,14H,7-10,13H2,(H,24,28). The van der Waals surface area contributed by atoms with Crippen LogP contribution in [0.2, 0.25) is 10.0 Å². The molecule has 1 saturated heterocycles. The summed E-state index contributed by atoms with van der Waals surface area (Å²) in [6.45, 7) is 4.51. The lowest BCUT2D eigenvalue weighted by Crippen LogP contribution is -2.45. The van der Waals surface area contributed by atoms with Crippen LogP contribution in [0.5, 0.6) is 0 Å². The molecule has 29 heavy (non-hydrogen) atoms. The van der Waals surface area contributed by atoms with Crippen molar-refractivity contribution in [3.8, 4) is 0 Å². The molecule has 5 nitrogen and oxygen atoms in total. The van der Waals surface area contributed by atoms with E-state index < -0.39 is 0 Å². The Morgan fingerprint density at radius 2 is 1.76 bits per heavy atom. The van der Waals surface area contributed by atoms with E-state index in [-0.39, 0.29) is 5.91 Å². The van der Waals surface area contributed by atoms with Gasteiger partial charge in [0, 0.05) is 53.0 Å². The van der Waals surface area contributed by atoms with Gasteiger partial charge < -0.3 is 10.2 Å². The molecule has 0 radical (unpaired) electrons. The van der Waals surface area contributed by atoms with Crippen LogP contribution in [0.1, 0.15) is 15.5 Å². The molecule has 0 unspecified atom stereocenters. The lowest BCUT2D eigenvalue weighted by Gasteiger charge is -2.35. The molecule has 1 fully saturated rings. The van der Waals surface area contributed by atoms with Crippen LogP contribution in [0.3, 0.4) is 0 Å². The first-order valence-electron chi connectivity index (χ1n) is 9.31. The molecule has 1 aliphatic heterocycles. The third kappa shape index (κ3) is 5.28. The third-order valence-corrected chi connectivity index (χ3v) is 6.08. The molecule has 2 heterocycles. The fourth-order valence-corrected chi connectivity index (χ4v) is 4.47. The summed E-state index contributed by atoms with van der Waals surface area (Å²) in [6.07, 6.45) is 0. The Kier molecular flexibility index (Phi) is 6.35. The van der Waals surface area contributed by atoms with Gasteiger partial charge in [-0.1, -0.05) is 35.3 Å². The van der Waals surface area contributed by atoms with Crippen LogP contribution in [0.4, 0.5) is 11.4 Å². The SMILES string of the molecule is O=C(Nc1cccc(Cl)c1)c1csc(CN2CCN(c3cccc(Cl)c3)CC2)n1. The van der Waals surface area contributed by atoms with E-state index >= 15 is 0 Å². The number of anilines is 2. The van der Waals surface area contributed by atoms with Gasteiger partial charge in [0.15, 0.2) is 0 Å². The molecule has 0 saturated carbocycles. The minimum atomic E-state index is -0.222. The molecule has 0 spiro atoms. The van der Waals surface area contributed by atoms with Crippen molar-refractivity contribution in [1.82, 2.24) is 9.88 Å². The summed E-state index contributed by atoms with van der Waals surface area (Å²) in [5.41, 5.74) is 2.25. The molecule has 0 aliphatic carbocycles. The molecular weight excluding hydrogens is 427 g/mol. The number of carbonyl (C=O) groups is 1. The summed E-state index contributed by atoms with van der Waals surface area (Å²) in [4.78, 5) is 21.6. The topological polar surface area (TPSA) is 48.5 Å². The number of piperazine rings is 1. The van der Waals surface area contributed by atoms with Gasteiger partial charge in [0.25, 0.3) is 5.91 Å². The Labute approximate surface area is 183 Å². The van der Waals surface area contributed by atoms with E-state index in [9.17, 15) is 4.79 Å². The molecule has 3 aromatic rings. The van der Waals surface area contributed by atoms with Crippen molar-refractivity contribution in [2.75, 3.05) is 36.4 Å². The highest BCUT2D eigenvalue weighted by molar-refractivity contribution is 7.09. The molecule has 2 aromatic carbocycles. The van der Waals surface area contributed by atoms with Gasteiger partial charge in [-0.25, -0.2) is 4.98 Å². The van der Waals surface area contributed by atoms with Crippen molar-refractivity contribution in [1.29, 1.82) is 0 Å². The monoisotopic (exact) mass is 446 g/mol. The van der Waals surface area contributed by atoms with Crippen molar-refractivity contribution in [2.45, 2.75) is 6.54 Å². The summed E-state index contributed by atoms with van der Waals surface area (Å²) < 4.78 is 0. The smallest absolute Gasteiger partial charge is 0.275 e. The van der Waals surface area contributed by atoms with Crippen molar-refractivity contribution in [3.05, 3.63) is 74.7 Å². The number of carbonyl (C=O) groups excluding carboxylic acids is 1. The van der Waals surface area contributed by atoms with Gasteiger partial charge in [-0.2, -0.15) is 0 Å². The van der Waals surface area contributed by atoms with Crippen LogP contribution in [0, 0.1) is 0 Å². The zero-order valence-corrected chi connectivity index (χ0v) is 18.0. The normalized spacial score (nSPS) is 14.8. The number of rotatable bonds is 5. The fraction of sp³-hybridized carbons (Fsp3) is 0.238. The number of hydrogen-bond acceptors (Lipinski definition) is 5. The largest absolute Gasteiger partial charge is 0.369 e.